The normalized spacial score (nSPS) is 8.33. The van der Waals surface area contributed by atoms with Crippen molar-refractivity contribution in [3.8, 4) is 0 Å². The Morgan fingerprint density at radius 1 is 1.33 bits per heavy atom. The molecular weight excluding hydrogens is 150 g/mol. The lowest BCUT2D eigenvalue weighted by Crippen LogP contribution is -1.98. The van der Waals surface area contributed by atoms with Crippen LogP contribution in [0.25, 0.3) is 0 Å². The van der Waals surface area contributed by atoms with Crippen molar-refractivity contribution in [2.75, 3.05) is 18.1 Å². The largest absolute Gasteiger partial charge is 0.385 e. The molecule has 0 saturated carbocycles. The summed E-state index contributed by atoms with van der Waals surface area (Å²) in [7, 11) is 1.82. The van der Waals surface area contributed by atoms with Crippen LogP contribution in [0.4, 0.5) is 11.5 Å². The van der Waals surface area contributed by atoms with Crippen LogP contribution in [0.2, 0.25) is 0 Å². The average molecular weight is 167 g/mol. The van der Waals surface area contributed by atoms with Gasteiger partial charge in [-0.1, -0.05) is 13.8 Å². The van der Waals surface area contributed by atoms with E-state index in [1.54, 1.807) is 0 Å². The Kier molecular flexibility index (Phi) is 4.84. The second-order valence-corrected chi connectivity index (χ2v) is 2.14. The summed E-state index contributed by atoms with van der Waals surface area (Å²) in [4.78, 5) is 4.06. The molecule has 0 aliphatic rings. The van der Waals surface area contributed by atoms with E-state index in [0.29, 0.717) is 5.82 Å². The number of aromatic nitrogens is 1. The highest BCUT2D eigenvalue weighted by molar-refractivity contribution is 5.61. The van der Waals surface area contributed by atoms with Crippen LogP contribution in [-0.4, -0.2) is 12.0 Å². The molecule has 3 nitrogen and oxygen atoms in total. The summed E-state index contributed by atoms with van der Waals surface area (Å²) < 4.78 is 0. The maximum Gasteiger partial charge on any atom is 0.147 e. The molecule has 0 spiro atoms. The van der Waals surface area contributed by atoms with E-state index in [-0.39, 0.29) is 0 Å². The summed E-state index contributed by atoms with van der Waals surface area (Å²) in [5.74, 6) is 0.558. The summed E-state index contributed by atoms with van der Waals surface area (Å²) in [5.41, 5.74) is 7.38. The van der Waals surface area contributed by atoms with Crippen LogP contribution in [0.1, 0.15) is 19.5 Å². The minimum absolute atomic E-state index is 0.558. The van der Waals surface area contributed by atoms with Crippen molar-refractivity contribution < 1.29 is 0 Å². The van der Waals surface area contributed by atoms with Gasteiger partial charge in [-0.2, -0.15) is 0 Å². The fourth-order valence-electron chi connectivity index (χ4n) is 0.788. The van der Waals surface area contributed by atoms with Gasteiger partial charge in [0.25, 0.3) is 0 Å². The first-order chi connectivity index (χ1) is 5.74. The van der Waals surface area contributed by atoms with Crippen molar-refractivity contribution in [2.24, 2.45) is 0 Å². The first-order valence-electron chi connectivity index (χ1n) is 4.15. The molecule has 0 unspecified atom stereocenters. The number of anilines is 2. The van der Waals surface area contributed by atoms with Crippen molar-refractivity contribution in [1.29, 1.82) is 0 Å². The SMILES string of the molecule is CC.CNc1ccc(C)nc1N. The zero-order chi connectivity index (χ0) is 9.56. The van der Waals surface area contributed by atoms with Crippen LogP contribution < -0.4 is 11.1 Å². The molecule has 0 bridgehead atoms. The third-order valence-electron chi connectivity index (χ3n) is 1.33. The third-order valence-corrected chi connectivity index (χ3v) is 1.33. The summed E-state index contributed by atoms with van der Waals surface area (Å²) in [6.07, 6.45) is 0. The summed E-state index contributed by atoms with van der Waals surface area (Å²) in [6, 6.07) is 3.83. The number of aryl methyl sites for hydroxylation is 1. The lowest BCUT2D eigenvalue weighted by molar-refractivity contribution is 1.21. The Morgan fingerprint density at radius 2 is 1.92 bits per heavy atom. The summed E-state index contributed by atoms with van der Waals surface area (Å²) in [6.45, 7) is 5.91. The lowest BCUT2D eigenvalue weighted by atomic mass is 10.3. The molecule has 0 amide bonds. The molecule has 0 saturated heterocycles. The zero-order valence-corrected chi connectivity index (χ0v) is 8.18. The molecule has 0 fully saturated rings. The van der Waals surface area contributed by atoms with Gasteiger partial charge in [0.2, 0.25) is 0 Å². The fraction of sp³-hybridized carbons (Fsp3) is 0.444. The van der Waals surface area contributed by atoms with Gasteiger partial charge in [-0.15, -0.1) is 0 Å². The molecule has 0 radical (unpaired) electrons. The molecule has 3 heteroatoms. The maximum atomic E-state index is 5.56. The first kappa shape index (κ1) is 10.8. The number of nitrogen functional groups attached to an aromatic ring is 1. The zero-order valence-electron chi connectivity index (χ0n) is 8.18. The minimum Gasteiger partial charge on any atom is -0.385 e. The van der Waals surface area contributed by atoms with Crippen molar-refractivity contribution in [1.82, 2.24) is 4.98 Å². The summed E-state index contributed by atoms with van der Waals surface area (Å²) in [5, 5.41) is 2.93. The number of hydrogen-bond acceptors (Lipinski definition) is 3. The first-order valence-corrected chi connectivity index (χ1v) is 4.15. The number of pyridine rings is 1. The predicted molar refractivity (Wildman–Crippen MR) is 54.3 cm³/mol. The van der Waals surface area contributed by atoms with Crippen LogP contribution in [0, 0.1) is 6.92 Å². The molecule has 1 rings (SSSR count). The quantitative estimate of drug-likeness (QED) is 0.673. The lowest BCUT2D eigenvalue weighted by Gasteiger charge is -2.02. The van der Waals surface area contributed by atoms with Gasteiger partial charge in [-0.05, 0) is 19.1 Å². The van der Waals surface area contributed by atoms with Crippen molar-refractivity contribution >= 4 is 11.5 Å². The highest BCUT2D eigenvalue weighted by Gasteiger charge is 1.95. The molecule has 1 heterocycles. The molecule has 1 aromatic rings. The van der Waals surface area contributed by atoms with Crippen molar-refractivity contribution in [3.05, 3.63) is 17.8 Å². The second-order valence-electron chi connectivity index (χ2n) is 2.14. The van der Waals surface area contributed by atoms with Crippen LogP contribution in [-0.2, 0) is 0 Å². The average Bonchev–Trinajstić information content (AvgIpc) is 2.08. The second kappa shape index (κ2) is 5.41. The Balaban J connectivity index is 0.000000561. The van der Waals surface area contributed by atoms with Crippen molar-refractivity contribution in [2.45, 2.75) is 20.8 Å². The van der Waals surface area contributed by atoms with Crippen LogP contribution in [0.15, 0.2) is 12.1 Å². The third kappa shape index (κ3) is 2.78. The van der Waals surface area contributed by atoms with E-state index in [9.17, 15) is 0 Å². The van der Waals surface area contributed by atoms with Crippen LogP contribution in [0.5, 0.6) is 0 Å². The fourth-order valence-corrected chi connectivity index (χ4v) is 0.788. The summed E-state index contributed by atoms with van der Waals surface area (Å²) >= 11 is 0. The van der Waals surface area contributed by atoms with Gasteiger partial charge in [0.05, 0.1) is 5.69 Å². The molecule has 0 aliphatic heterocycles. The molecule has 68 valence electrons. The van der Waals surface area contributed by atoms with E-state index >= 15 is 0 Å². The number of nitrogens with zero attached hydrogens (tertiary/aromatic N) is 1. The monoisotopic (exact) mass is 167 g/mol. The van der Waals surface area contributed by atoms with Gasteiger partial charge in [0, 0.05) is 12.7 Å². The topological polar surface area (TPSA) is 50.9 Å². The van der Waals surface area contributed by atoms with Gasteiger partial charge < -0.3 is 11.1 Å². The predicted octanol–water partition coefficient (Wildman–Crippen LogP) is 2.04. The van der Waals surface area contributed by atoms with E-state index in [0.717, 1.165) is 11.4 Å². The molecule has 12 heavy (non-hydrogen) atoms. The molecule has 0 atom stereocenters. The van der Waals surface area contributed by atoms with Gasteiger partial charge >= 0.3 is 0 Å². The highest BCUT2D eigenvalue weighted by Crippen LogP contribution is 2.13. The van der Waals surface area contributed by atoms with Crippen LogP contribution in [0.3, 0.4) is 0 Å². The van der Waals surface area contributed by atoms with Crippen LogP contribution >= 0.6 is 0 Å². The van der Waals surface area contributed by atoms with E-state index in [1.807, 2.05) is 40.0 Å². The maximum absolute atomic E-state index is 5.56. The Hall–Kier alpha value is -1.25. The van der Waals surface area contributed by atoms with E-state index in [2.05, 4.69) is 10.3 Å². The molecular formula is C9H17N3. The highest BCUT2D eigenvalue weighted by atomic mass is 14.9. The smallest absolute Gasteiger partial charge is 0.147 e. The Labute approximate surface area is 74.0 Å². The molecule has 3 N–H and O–H groups in total. The number of rotatable bonds is 1. The molecule has 1 aromatic heterocycles. The molecule has 0 aromatic carbocycles. The van der Waals surface area contributed by atoms with E-state index in [1.165, 1.54) is 0 Å². The number of hydrogen-bond donors (Lipinski definition) is 2. The number of nitrogens with two attached hydrogens (primary N) is 1. The standard InChI is InChI=1S/C7H11N3.C2H6/c1-5-3-4-6(9-2)7(8)10-5;1-2/h3-4,9H,1-2H3,(H2,8,10);1-2H3. The van der Waals surface area contributed by atoms with Gasteiger partial charge in [-0.25, -0.2) is 4.98 Å². The van der Waals surface area contributed by atoms with E-state index < -0.39 is 0 Å². The van der Waals surface area contributed by atoms with Gasteiger partial charge in [0.1, 0.15) is 5.82 Å². The molecule has 0 aliphatic carbocycles. The number of nitrogens with one attached hydrogen (secondary N) is 1. The van der Waals surface area contributed by atoms with Gasteiger partial charge in [-0.3, -0.25) is 0 Å². The van der Waals surface area contributed by atoms with Gasteiger partial charge in [0.15, 0.2) is 0 Å². The Bertz CT molecular complexity index is 233. The van der Waals surface area contributed by atoms with Crippen molar-refractivity contribution in [3.63, 3.8) is 0 Å². The Morgan fingerprint density at radius 3 is 2.33 bits per heavy atom. The minimum atomic E-state index is 0.558. The van der Waals surface area contributed by atoms with E-state index in [4.69, 9.17) is 5.73 Å².